The number of allylic oxidation sites excluding steroid dienone is 16. The maximum Gasteiger partial charge on any atom is 0.306 e. The molecule has 0 N–H and O–H groups in total. The molecule has 0 bridgehead atoms. The van der Waals surface area contributed by atoms with Crippen molar-refractivity contribution in [1.82, 2.24) is 0 Å². The summed E-state index contributed by atoms with van der Waals surface area (Å²) in [6, 6.07) is 0. The lowest BCUT2D eigenvalue weighted by Gasteiger charge is -2.18. The zero-order chi connectivity index (χ0) is 46.5. The topological polar surface area (TPSA) is 78.9 Å². The van der Waals surface area contributed by atoms with Crippen LogP contribution < -0.4 is 0 Å². The molecule has 0 rings (SSSR count). The van der Waals surface area contributed by atoms with Gasteiger partial charge in [0.2, 0.25) is 0 Å². The van der Waals surface area contributed by atoms with Crippen LogP contribution in [-0.4, -0.2) is 37.2 Å². The minimum atomic E-state index is -0.827. The van der Waals surface area contributed by atoms with Crippen molar-refractivity contribution in [3.63, 3.8) is 0 Å². The summed E-state index contributed by atoms with van der Waals surface area (Å²) in [7, 11) is 0. The summed E-state index contributed by atoms with van der Waals surface area (Å²) in [5.41, 5.74) is 0. The van der Waals surface area contributed by atoms with Gasteiger partial charge in [0.25, 0.3) is 0 Å². The molecule has 0 aliphatic heterocycles. The van der Waals surface area contributed by atoms with E-state index in [-0.39, 0.29) is 31.6 Å². The SMILES string of the molecule is CC/C=C\C/C=C\C/C=C\C/C=C\C/C=C\CCC(=O)OC(COC(=O)CCCCCCC/C=C\C=C/CCCCCCCCC)COC(=O)CCCCCCC/C=C\CCCCC. The van der Waals surface area contributed by atoms with E-state index in [0.717, 1.165) is 103 Å². The van der Waals surface area contributed by atoms with E-state index in [4.69, 9.17) is 14.2 Å². The van der Waals surface area contributed by atoms with Crippen LogP contribution in [-0.2, 0) is 28.6 Å². The molecular weight excluding hydrogens is 793 g/mol. The highest BCUT2D eigenvalue weighted by atomic mass is 16.6. The van der Waals surface area contributed by atoms with Gasteiger partial charge in [-0.25, -0.2) is 0 Å². The molecule has 1 atom stereocenters. The Hall–Kier alpha value is -3.67. The summed E-state index contributed by atoms with van der Waals surface area (Å²) < 4.78 is 16.7. The molecule has 0 aromatic carbocycles. The van der Waals surface area contributed by atoms with Gasteiger partial charge in [0.1, 0.15) is 13.2 Å². The Morgan fingerprint density at radius 2 is 0.688 bits per heavy atom. The van der Waals surface area contributed by atoms with Crippen molar-refractivity contribution in [3.05, 3.63) is 97.2 Å². The molecule has 6 heteroatoms. The van der Waals surface area contributed by atoms with Crippen molar-refractivity contribution in [3.8, 4) is 0 Å². The minimum Gasteiger partial charge on any atom is -0.462 e. The molecule has 0 saturated heterocycles. The number of hydrogen-bond donors (Lipinski definition) is 0. The Balaban J connectivity index is 4.52. The average molecular weight is 889 g/mol. The van der Waals surface area contributed by atoms with Crippen LogP contribution in [0.3, 0.4) is 0 Å². The fraction of sp³-hybridized carbons (Fsp3) is 0.672. The first kappa shape index (κ1) is 60.3. The number of carbonyl (C=O) groups is 3. The molecule has 0 fully saturated rings. The molecule has 0 saturated carbocycles. The second-order valence-corrected chi connectivity index (χ2v) is 17.1. The smallest absolute Gasteiger partial charge is 0.306 e. The molecule has 0 radical (unpaired) electrons. The third-order valence-electron chi connectivity index (χ3n) is 10.8. The largest absolute Gasteiger partial charge is 0.462 e. The highest BCUT2D eigenvalue weighted by Crippen LogP contribution is 2.13. The lowest BCUT2D eigenvalue weighted by molar-refractivity contribution is -0.166. The van der Waals surface area contributed by atoms with E-state index in [9.17, 15) is 14.4 Å². The second kappa shape index (κ2) is 52.0. The van der Waals surface area contributed by atoms with Crippen LogP contribution in [0.2, 0.25) is 0 Å². The highest BCUT2D eigenvalue weighted by molar-refractivity contribution is 5.71. The van der Waals surface area contributed by atoms with Crippen molar-refractivity contribution in [2.75, 3.05) is 13.2 Å². The Morgan fingerprint density at radius 3 is 1.14 bits per heavy atom. The van der Waals surface area contributed by atoms with Gasteiger partial charge in [0.05, 0.1) is 0 Å². The normalized spacial score (nSPS) is 12.9. The number of esters is 3. The zero-order valence-corrected chi connectivity index (χ0v) is 41.5. The molecule has 0 aromatic heterocycles. The monoisotopic (exact) mass is 889 g/mol. The van der Waals surface area contributed by atoms with Gasteiger partial charge >= 0.3 is 17.9 Å². The number of unbranched alkanes of at least 4 members (excludes halogenated alkanes) is 20. The molecule has 0 aliphatic rings. The quantitative estimate of drug-likeness (QED) is 0.0199. The van der Waals surface area contributed by atoms with Crippen molar-refractivity contribution >= 4 is 17.9 Å². The van der Waals surface area contributed by atoms with E-state index in [1.54, 1.807) is 0 Å². The van der Waals surface area contributed by atoms with Crippen LogP contribution in [0.15, 0.2) is 97.2 Å². The summed E-state index contributed by atoms with van der Waals surface area (Å²) in [6.07, 6.45) is 68.3. The Morgan fingerprint density at radius 1 is 0.344 bits per heavy atom. The summed E-state index contributed by atoms with van der Waals surface area (Å²) in [5, 5.41) is 0. The predicted octanol–water partition coefficient (Wildman–Crippen LogP) is 17.4. The van der Waals surface area contributed by atoms with Crippen LogP contribution in [0.1, 0.15) is 233 Å². The van der Waals surface area contributed by atoms with Crippen molar-refractivity contribution < 1.29 is 28.6 Å². The summed E-state index contributed by atoms with van der Waals surface area (Å²) in [4.78, 5) is 37.9. The summed E-state index contributed by atoms with van der Waals surface area (Å²) in [6.45, 7) is 6.40. The van der Waals surface area contributed by atoms with Gasteiger partial charge in [0, 0.05) is 19.3 Å². The van der Waals surface area contributed by atoms with Crippen molar-refractivity contribution in [1.29, 1.82) is 0 Å². The number of rotatable bonds is 46. The van der Waals surface area contributed by atoms with Crippen molar-refractivity contribution in [2.24, 2.45) is 0 Å². The lowest BCUT2D eigenvalue weighted by atomic mass is 10.1. The van der Waals surface area contributed by atoms with Gasteiger partial charge in [-0.05, 0) is 103 Å². The first-order valence-corrected chi connectivity index (χ1v) is 26.3. The second-order valence-electron chi connectivity index (χ2n) is 17.1. The minimum absolute atomic E-state index is 0.118. The molecule has 6 nitrogen and oxygen atoms in total. The molecule has 64 heavy (non-hydrogen) atoms. The van der Waals surface area contributed by atoms with E-state index in [0.29, 0.717) is 19.3 Å². The van der Waals surface area contributed by atoms with Gasteiger partial charge in [-0.15, -0.1) is 0 Å². The summed E-state index contributed by atoms with van der Waals surface area (Å²) in [5.74, 6) is -1.03. The number of hydrogen-bond acceptors (Lipinski definition) is 6. The van der Waals surface area contributed by atoms with Crippen LogP contribution >= 0.6 is 0 Å². The van der Waals surface area contributed by atoms with Gasteiger partial charge in [-0.1, -0.05) is 208 Å². The lowest BCUT2D eigenvalue weighted by Crippen LogP contribution is -2.30. The van der Waals surface area contributed by atoms with Crippen LogP contribution in [0.25, 0.3) is 0 Å². The number of ether oxygens (including phenoxy) is 3. The number of carbonyl (C=O) groups excluding carboxylic acids is 3. The third kappa shape index (κ3) is 49.3. The molecule has 1 unspecified atom stereocenters. The van der Waals surface area contributed by atoms with Crippen LogP contribution in [0.4, 0.5) is 0 Å². The zero-order valence-electron chi connectivity index (χ0n) is 41.5. The Kier molecular flexibility index (Phi) is 49.0. The van der Waals surface area contributed by atoms with Gasteiger partial charge < -0.3 is 14.2 Å². The van der Waals surface area contributed by atoms with Crippen LogP contribution in [0, 0.1) is 0 Å². The molecule has 0 amide bonds. The fourth-order valence-corrected chi connectivity index (χ4v) is 6.89. The van der Waals surface area contributed by atoms with Gasteiger partial charge in [-0.3, -0.25) is 14.4 Å². The first-order valence-electron chi connectivity index (χ1n) is 26.3. The third-order valence-corrected chi connectivity index (χ3v) is 10.8. The van der Waals surface area contributed by atoms with E-state index < -0.39 is 12.1 Å². The molecule has 0 spiro atoms. The van der Waals surface area contributed by atoms with Gasteiger partial charge in [-0.2, -0.15) is 0 Å². The average Bonchev–Trinajstić information content (AvgIpc) is 3.29. The van der Waals surface area contributed by atoms with Gasteiger partial charge in [0.15, 0.2) is 6.10 Å². The van der Waals surface area contributed by atoms with E-state index in [1.807, 2.05) is 12.2 Å². The molecule has 0 heterocycles. The highest BCUT2D eigenvalue weighted by Gasteiger charge is 2.19. The standard InChI is InChI=1S/C58H96O6/c1-4-7-10-13-16-19-22-25-27-29-30-32-33-36-39-42-45-48-51-57(60)63-54-55(53-62-56(59)50-47-44-41-38-35-24-21-18-15-12-9-6-3)64-58(61)52-49-46-43-40-37-34-31-28-26-23-20-17-14-11-8-5-2/h8,11,17-18,20-21,26-30,32,34,37,43,46,55H,4-7,9-10,12-16,19,22-25,31,33,35-36,38-42,44-45,47-54H2,1-3H3/b11-8-,20-17-,21-18-,28-26-,29-27-,32-30-,37-34-,46-43-. The molecule has 364 valence electrons. The molecular formula is C58H96O6. The fourth-order valence-electron chi connectivity index (χ4n) is 6.89. The van der Waals surface area contributed by atoms with E-state index in [2.05, 4.69) is 106 Å². The maximum absolute atomic E-state index is 12.8. The van der Waals surface area contributed by atoms with E-state index in [1.165, 1.54) is 83.5 Å². The molecule has 0 aliphatic carbocycles. The molecule has 0 aromatic rings. The Bertz CT molecular complexity index is 1300. The maximum atomic E-state index is 12.8. The summed E-state index contributed by atoms with van der Waals surface area (Å²) >= 11 is 0. The first-order chi connectivity index (χ1) is 31.5. The van der Waals surface area contributed by atoms with Crippen molar-refractivity contribution in [2.45, 2.75) is 239 Å². The van der Waals surface area contributed by atoms with E-state index >= 15 is 0 Å². The van der Waals surface area contributed by atoms with Crippen LogP contribution in [0.5, 0.6) is 0 Å². The Labute approximate surface area is 394 Å². The predicted molar refractivity (Wildman–Crippen MR) is 274 cm³/mol.